The van der Waals surface area contributed by atoms with Gasteiger partial charge in [-0.15, -0.1) is 11.3 Å². The first kappa shape index (κ1) is 15.3. The van der Waals surface area contributed by atoms with Gasteiger partial charge >= 0.3 is 0 Å². The van der Waals surface area contributed by atoms with Crippen molar-refractivity contribution in [2.45, 2.75) is 18.9 Å². The predicted molar refractivity (Wildman–Crippen MR) is 95.7 cm³/mol. The molecular weight excluding hydrogens is 374 g/mol. The molecule has 3 aliphatic heterocycles. The lowest BCUT2D eigenvalue weighted by Gasteiger charge is -2.44. The fourth-order valence-corrected chi connectivity index (χ4v) is 4.72. The molecule has 120 valence electrons. The standard InChI is InChI=1S/C17H18BrN3OS/c18-13-3-1-2-12(8-13)17-19-9-15(23-17)16(22)20-14-10-21-6-4-11(14)5-7-21/h1-3,8-9,11,14H,4-7,10H2,(H,20,22). The van der Waals surface area contributed by atoms with Crippen LogP contribution in [0.4, 0.5) is 0 Å². The maximum absolute atomic E-state index is 12.5. The minimum atomic E-state index is 0.0162. The fraction of sp³-hybridized carbons (Fsp3) is 0.412. The second-order valence-electron chi connectivity index (χ2n) is 6.26. The van der Waals surface area contributed by atoms with E-state index < -0.39 is 0 Å². The molecular formula is C17H18BrN3OS. The lowest BCUT2D eigenvalue weighted by molar-refractivity contribution is 0.0622. The monoisotopic (exact) mass is 391 g/mol. The summed E-state index contributed by atoms with van der Waals surface area (Å²) in [5, 5.41) is 4.10. The normalized spacial score (nSPS) is 26.2. The van der Waals surface area contributed by atoms with Crippen LogP contribution >= 0.6 is 27.3 Å². The van der Waals surface area contributed by atoms with Crippen LogP contribution in [0.3, 0.4) is 0 Å². The number of amides is 1. The number of benzene rings is 1. The molecule has 1 aromatic heterocycles. The van der Waals surface area contributed by atoms with Crippen LogP contribution in [0.1, 0.15) is 22.5 Å². The molecule has 4 heterocycles. The molecule has 1 N–H and O–H groups in total. The van der Waals surface area contributed by atoms with E-state index in [2.05, 4.69) is 31.1 Å². The highest BCUT2D eigenvalue weighted by Gasteiger charge is 2.35. The molecule has 4 nitrogen and oxygen atoms in total. The number of thiazole rings is 1. The summed E-state index contributed by atoms with van der Waals surface area (Å²) in [6.07, 6.45) is 4.10. The van der Waals surface area contributed by atoms with Gasteiger partial charge in [0.15, 0.2) is 0 Å². The van der Waals surface area contributed by atoms with Crippen molar-refractivity contribution < 1.29 is 4.79 Å². The zero-order valence-electron chi connectivity index (χ0n) is 12.7. The molecule has 0 saturated carbocycles. The van der Waals surface area contributed by atoms with Crippen LogP contribution in [0.5, 0.6) is 0 Å². The van der Waals surface area contributed by atoms with E-state index in [1.165, 1.54) is 37.3 Å². The molecule has 2 bridgehead atoms. The second-order valence-corrected chi connectivity index (χ2v) is 8.20. The van der Waals surface area contributed by atoms with Gasteiger partial charge in [-0.1, -0.05) is 28.1 Å². The van der Waals surface area contributed by atoms with E-state index in [0.29, 0.717) is 16.8 Å². The molecule has 3 fully saturated rings. The third kappa shape index (κ3) is 3.20. The Bertz CT molecular complexity index is 724. The Hall–Kier alpha value is -1.24. The Labute approximate surface area is 148 Å². The quantitative estimate of drug-likeness (QED) is 0.871. The summed E-state index contributed by atoms with van der Waals surface area (Å²) in [6.45, 7) is 3.36. The molecule has 1 unspecified atom stereocenters. The Morgan fingerprint density at radius 2 is 2.17 bits per heavy atom. The van der Waals surface area contributed by atoms with Crippen molar-refractivity contribution in [3.05, 3.63) is 39.8 Å². The minimum absolute atomic E-state index is 0.0162. The number of hydrogen-bond acceptors (Lipinski definition) is 4. The molecule has 6 heteroatoms. The van der Waals surface area contributed by atoms with Crippen molar-refractivity contribution in [2.75, 3.05) is 19.6 Å². The summed E-state index contributed by atoms with van der Waals surface area (Å²) >= 11 is 4.93. The van der Waals surface area contributed by atoms with Crippen LogP contribution in [0.2, 0.25) is 0 Å². The van der Waals surface area contributed by atoms with Crippen LogP contribution in [0.25, 0.3) is 10.6 Å². The van der Waals surface area contributed by atoms with Crippen LogP contribution in [0.15, 0.2) is 34.9 Å². The third-order valence-electron chi connectivity index (χ3n) is 4.77. The zero-order valence-corrected chi connectivity index (χ0v) is 15.1. The number of halogens is 1. The molecule has 1 atom stereocenters. The molecule has 0 spiro atoms. The number of fused-ring (bicyclic) bond motifs is 3. The van der Waals surface area contributed by atoms with Gasteiger partial charge < -0.3 is 10.2 Å². The van der Waals surface area contributed by atoms with E-state index in [4.69, 9.17) is 0 Å². The van der Waals surface area contributed by atoms with Crippen molar-refractivity contribution in [1.29, 1.82) is 0 Å². The van der Waals surface area contributed by atoms with Gasteiger partial charge in [-0.25, -0.2) is 4.98 Å². The number of nitrogens with one attached hydrogen (secondary N) is 1. The van der Waals surface area contributed by atoms with Gasteiger partial charge in [0.2, 0.25) is 0 Å². The van der Waals surface area contributed by atoms with Crippen molar-refractivity contribution in [2.24, 2.45) is 5.92 Å². The summed E-state index contributed by atoms with van der Waals surface area (Å²) in [6, 6.07) is 8.29. The van der Waals surface area contributed by atoms with E-state index in [0.717, 1.165) is 21.6 Å². The van der Waals surface area contributed by atoms with Gasteiger partial charge in [0.25, 0.3) is 5.91 Å². The topological polar surface area (TPSA) is 45.2 Å². The fourth-order valence-electron chi connectivity index (χ4n) is 3.50. The van der Waals surface area contributed by atoms with E-state index in [-0.39, 0.29) is 5.91 Å². The molecule has 3 saturated heterocycles. The summed E-state index contributed by atoms with van der Waals surface area (Å²) in [7, 11) is 0. The van der Waals surface area contributed by atoms with Crippen LogP contribution in [-0.4, -0.2) is 41.5 Å². The van der Waals surface area contributed by atoms with Crippen molar-refractivity contribution >= 4 is 33.2 Å². The van der Waals surface area contributed by atoms with Gasteiger partial charge in [0.1, 0.15) is 9.88 Å². The SMILES string of the molecule is O=C(NC1CN2CCC1CC2)c1cnc(-c2cccc(Br)c2)s1. The van der Waals surface area contributed by atoms with Crippen LogP contribution in [0, 0.1) is 5.92 Å². The summed E-state index contributed by atoms with van der Waals surface area (Å²) in [4.78, 5) is 20.1. The number of piperidine rings is 3. The van der Waals surface area contributed by atoms with Gasteiger partial charge in [-0.05, 0) is 44.0 Å². The third-order valence-corrected chi connectivity index (χ3v) is 6.31. The average Bonchev–Trinajstić information content (AvgIpc) is 3.06. The number of aromatic nitrogens is 1. The molecule has 23 heavy (non-hydrogen) atoms. The number of rotatable bonds is 3. The van der Waals surface area contributed by atoms with Gasteiger partial charge in [-0.2, -0.15) is 0 Å². The number of carbonyl (C=O) groups is 1. The van der Waals surface area contributed by atoms with Crippen LogP contribution in [-0.2, 0) is 0 Å². The van der Waals surface area contributed by atoms with Crippen molar-refractivity contribution in [1.82, 2.24) is 15.2 Å². The van der Waals surface area contributed by atoms with Gasteiger partial charge in [-0.3, -0.25) is 4.79 Å². The Morgan fingerprint density at radius 3 is 2.87 bits per heavy atom. The largest absolute Gasteiger partial charge is 0.347 e. The molecule has 1 aromatic carbocycles. The van der Waals surface area contributed by atoms with Gasteiger partial charge in [0, 0.05) is 22.6 Å². The molecule has 0 radical (unpaired) electrons. The summed E-state index contributed by atoms with van der Waals surface area (Å²) in [5.41, 5.74) is 1.03. The van der Waals surface area contributed by atoms with E-state index in [1.54, 1.807) is 6.20 Å². The number of hydrogen-bond donors (Lipinski definition) is 1. The highest BCUT2D eigenvalue weighted by atomic mass is 79.9. The zero-order chi connectivity index (χ0) is 15.8. The van der Waals surface area contributed by atoms with Crippen molar-refractivity contribution in [3.63, 3.8) is 0 Å². The maximum atomic E-state index is 12.5. The number of carbonyl (C=O) groups excluding carboxylic acids is 1. The Kier molecular flexibility index (Phi) is 4.22. The Morgan fingerprint density at radius 1 is 1.35 bits per heavy atom. The second kappa shape index (κ2) is 6.34. The highest BCUT2D eigenvalue weighted by Crippen LogP contribution is 2.29. The van der Waals surface area contributed by atoms with E-state index in [9.17, 15) is 4.79 Å². The van der Waals surface area contributed by atoms with Crippen molar-refractivity contribution in [3.8, 4) is 10.6 Å². The minimum Gasteiger partial charge on any atom is -0.347 e. The lowest BCUT2D eigenvalue weighted by Crippen LogP contribution is -2.57. The average molecular weight is 392 g/mol. The summed E-state index contributed by atoms with van der Waals surface area (Å²) in [5.74, 6) is 0.656. The summed E-state index contributed by atoms with van der Waals surface area (Å²) < 4.78 is 1.02. The molecule has 5 rings (SSSR count). The first-order chi connectivity index (χ1) is 11.2. The van der Waals surface area contributed by atoms with Crippen LogP contribution < -0.4 is 5.32 Å². The predicted octanol–water partition coefficient (Wildman–Crippen LogP) is 3.40. The lowest BCUT2D eigenvalue weighted by atomic mass is 9.84. The molecule has 1 amide bonds. The van der Waals surface area contributed by atoms with Gasteiger partial charge in [0.05, 0.1) is 6.20 Å². The first-order valence-corrected chi connectivity index (χ1v) is 9.55. The maximum Gasteiger partial charge on any atom is 0.263 e. The number of nitrogens with zero attached hydrogens (tertiary/aromatic N) is 2. The highest BCUT2D eigenvalue weighted by molar-refractivity contribution is 9.10. The van der Waals surface area contributed by atoms with E-state index >= 15 is 0 Å². The molecule has 3 aliphatic rings. The molecule has 2 aromatic rings. The first-order valence-electron chi connectivity index (χ1n) is 7.94. The van der Waals surface area contributed by atoms with E-state index in [1.807, 2.05) is 24.3 Å². The smallest absolute Gasteiger partial charge is 0.263 e. The Balaban J connectivity index is 1.47. The molecule has 0 aliphatic carbocycles.